The minimum atomic E-state index is 0.0982. The molecule has 3 N–H and O–H groups in total. The summed E-state index contributed by atoms with van der Waals surface area (Å²) in [6.07, 6.45) is 2.64. The van der Waals surface area contributed by atoms with E-state index >= 15 is 0 Å². The minimum Gasteiger partial charge on any atom is -0.326 e. The Bertz CT molecular complexity index is 548. The first-order valence-corrected chi connectivity index (χ1v) is 7.62. The predicted octanol–water partition coefficient (Wildman–Crippen LogP) is 3.16. The van der Waals surface area contributed by atoms with Crippen LogP contribution in [-0.4, -0.2) is 17.6 Å². The number of hydrogen-bond donors (Lipinski definition) is 2. The summed E-state index contributed by atoms with van der Waals surface area (Å²) in [5, 5.41) is 3.82. The minimum absolute atomic E-state index is 0.0982. The molecule has 2 rings (SSSR count). The highest BCUT2D eigenvalue weighted by Crippen LogP contribution is 2.20. The fraction of sp³-hybridized carbons (Fsp3) is 0.267. The number of hydrogen-bond acceptors (Lipinski definition) is 3. The Morgan fingerprint density at radius 2 is 2.00 bits per heavy atom. The third-order valence-electron chi connectivity index (χ3n) is 2.93. The van der Waals surface area contributed by atoms with Gasteiger partial charge in [-0.05, 0) is 39.5 Å². The Morgan fingerprint density at radius 1 is 1.25 bits per heavy atom. The van der Waals surface area contributed by atoms with Crippen LogP contribution in [0.3, 0.4) is 0 Å². The molecule has 0 saturated heterocycles. The van der Waals surface area contributed by atoms with Crippen molar-refractivity contribution in [3.05, 3.63) is 63.3 Å². The van der Waals surface area contributed by atoms with Gasteiger partial charge in [0.25, 0.3) is 0 Å². The first-order chi connectivity index (χ1) is 9.65. The number of rotatable bonds is 6. The second-order valence-electron chi connectivity index (χ2n) is 4.70. The second-order valence-corrected chi connectivity index (χ2v) is 5.91. The average molecular weight is 355 g/mol. The molecule has 0 spiro atoms. The van der Waals surface area contributed by atoms with Gasteiger partial charge in [0, 0.05) is 25.3 Å². The lowest BCUT2D eigenvalue weighted by atomic mass is 10.1. The molecule has 0 unspecified atom stereocenters. The predicted molar refractivity (Wildman–Crippen MR) is 86.8 cm³/mol. The molecule has 1 atom stereocenters. The molecule has 1 heterocycles. The molecular weight excluding hydrogens is 338 g/mol. The summed E-state index contributed by atoms with van der Waals surface area (Å²) in [7, 11) is 0. The first-order valence-electron chi connectivity index (χ1n) is 6.45. The van der Waals surface area contributed by atoms with Gasteiger partial charge in [-0.1, -0.05) is 41.9 Å². The normalized spacial score (nSPS) is 12.3. The molecule has 0 amide bonds. The molecule has 5 heteroatoms. The average Bonchev–Trinajstić information content (AvgIpc) is 2.44. The number of nitrogens with zero attached hydrogens (tertiary/aromatic N) is 1. The van der Waals surface area contributed by atoms with E-state index in [1.807, 2.05) is 24.3 Å². The monoisotopic (exact) mass is 353 g/mol. The van der Waals surface area contributed by atoms with Gasteiger partial charge in [-0.15, -0.1) is 0 Å². The van der Waals surface area contributed by atoms with Crippen molar-refractivity contribution in [1.82, 2.24) is 10.3 Å². The van der Waals surface area contributed by atoms with Crippen LogP contribution in [0.1, 0.15) is 11.1 Å². The van der Waals surface area contributed by atoms with Gasteiger partial charge in [0.15, 0.2) is 0 Å². The van der Waals surface area contributed by atoms with E-state index in [-0.39, 0.29) is 6.04 Å². The smallest absolute Gasteiger partial charge is 0.143 e. The van der Waals surface area contributed by atoms with Crippen LogP contribution in [0.15, 0.2) is 47.1 Å². The molecule has 3 nitrogen and oxygen atoms in total. The van der Waals surface area contributed by atoms with Gasteiger partial charge < -0.3 is 11.1 Å². The summed E-state index contributed by atoms with van der Waals surface area (Å²) in [6, 6.07) is 12.3. The lowest BCUT2D eigenvalue weighted by Crippen LogP contribution is -2.35. The van der Waals surface area contributed by atoms with Crippen molar-refractivity contribution < 1.29 is 0 Å². The van der Waals surface area contributed by atoms with Crippen molar-refractivity contribution in [2.24, 2.45) is 5.73 Å². The molecule has 20 heavy (non-hydrogen) atoms. The van der Waals surface area contributed by atoms with Crippen molar-refractivity contribution in [3.63, 3.8) is 0 Å². The lowest BCUT2D eigenvalue weighted by Gasteiger charge is -2.13. The van der Waals surface area contributed by atoms with Gasteiger partial charge in [0.1, 0.15) is 5.15 Å². The van der Waals surface area contributed by atoms with Crippen LogP contribution in [0, 0.1) is 0 Å². The fourth-order valence-corrected chi connectivity index (χ4v) is 2.45. The first kappa shape index (κ1) is 15.4. The van der Waals surface area contributed by atoms with Gasteiger partial charge in [-0.25, -0.2) is 4.98 Å². The van der Waals surface area contributed by atoms with Gasteiger partial charge in [-0.2, -0.15) is 0 Å². The standard InChI is InChI=1S/C15H17BrClN3/c16-14-7-12(9-20-15(14)17)8-19-10-13(18)6-11-4-2-1-3-5-11/h1-5,7,9,13,19H,6,8,10,18H2/t13-/m0/s1. The van der Waals surface area contributed by atoms with Crippen molar-refractivity contribution in [2.75, 3.05) is 6.54 Å². The Morgan fingerprint density at radius 3 is 2.70 bits per heavy atom. The summed E-state index contributed by atoms with van der Waals surface area (Å²) >= 11 is 9.22. The van der Waals surface area contributed by atoms with Gasteiger partial charge in [0.2, 0.25) is 0 Å². The summed E-state index contributed by atoms with van der Waals surface area (Å²) in [6.45, 7) is 1.49. The summed E-state index contributed by atoms with van der Waals surface area (Å²) in [5.41, 5.74) is 8.45. The third-order valence-corrected chi connectivity index (χ3v) is 4.06. The molecule has 1 aromatic heterocycles. The highest BCUT2D eigenvalue weighted by molar-refractivity contribution is 9.10. The van der Waals surface area contributed by atoms with Gasteiger partial charge in [0.05, 0.1) is 4.47 Å². The molecule has 0 saturated carbocycles. The van der Waals surface area contributed by atoms with Crippen molar-refractivity contribution in [3.8, 4) is 0 Å². The van der Waals surface area contributed by atoms with Crippen molar-refractivity contribution >= 4 is 27.5 Å². The second kappa shape index (κ2) is 7.74. The molecule has 0 aliphatic carbocycles. The fourth-order valence-electron chi connectivity index (χ4n) is 1.95. The molecule has 0 aliphatic heterocycles. The van der Waals surface area contributed by atoms with Crippen molar-refractivity contribution in [1.29, 1.82) is 0 Å². The van der Waals surface area contributed by atoms with Crippen LogP contribution in [0.5, 0.6) is 0 Å². The Balaban J connectivity index is 1.76. The lowest BCUT2D eigenvalue weighted by molar-refractivity contribution is 0.572. The third kappa shape index (κ3) is 4.87. The number of nitrogens with two attached hydrogens (primary N) is 1. The molecule has 1 aromatic carbocycles. The molecule has 0 fully saturated rings. The number of nitrogens with one attached hydrogen (secondary N) is 1. The summed E-state index contributed by atoms with van der Waals surface area (Å²) < 4.78 is 0.812. The largest absolute Gasteiger partial charge is 0.326 e. The Kier molecular flexibility index (Phi) is 5.98. The van der Waals surface area contributed by atoms with E-state index in [1.54, 1.807) is 6.20 Å². The van der Waals surface area contributed by atoms with Gasteiger partial charge in [-0.3, -0.25) is 0 Å². The van der Waals surface area contributed by atoms with Crippen molar-refractivity contribution in [2.45, 2.75) is 19.0 Å². The van der Waals surface area contributed by atoms with Crippen LogP contribution < -0.4 is 11.1 Å². The highest BCUT2D eigenvalue weighted by atomic mass is 79.9. The molecule has 0 radical (unpaired) electrons. The van der Waals surface area contributed by atoms with E-state index in [2.05, 4.69) is 38.4 Å². The maximum Gasteiger partial charge on any atom is 0.143 e. The molecule has 0 bridgehead atoms. The zero-order valence-corrected chi connectivity index (χ0v) is 13.4. The van der Waals surface area contributed by atoms with Crippen LogP contribution in [0.25, 0.3) is 0 Å². The zero-order chi connectivity index (χ0) is 14.4. The van der Waals surface area contributed by atoms with E-state index in [1.165, 1.54) is 5.56 Å². The summed E-state index contributed by atoms with van der Waals surface area (Å²) in [4.78, 5) is 4.09. The maximum atomic E-state index is 6.12. The molecular formula is C15H17BrClN3. The van der Waals surface area contributed by atoms with Gasteiger partial charge >= 0.3 is 0 Å². The van der Waals surface area contributed by atoms with Crippen LogP contribution in [-0.2, 0) is 13.0 Å². The highest BCUT2D eigenvalue weighted by Gasteiger charge is 2.04. The van der Waals surface area contributed by atoms with Crippen LogP contribution in [0.4, 0.5) is 0 Å². The maximum absolute atomic E-state index is 6.12. The molecule has 0 aliphatic rings. The van der Waals surface area contributed by atoms with E-state index in [4.69, 9.17) is 17.3 Å². The number of pyridine rings is 1. The number of benzene rings is 1. The van der Waals surface area contributed by atoms with E-state index < -0.39 is 0 Å². The molecule has 2 aromatic rings. The zero-order valence-electron chi connectivity index (χ0n) is 11.0. The number of halogens is 2. The van der Waals surface area contributed by atoms with E-state index in [0.717, 1.165) is 29.5 Å². The Labute approximate surface area is 132 Å². The van der Waals surface area contributed by atoms with Crippen LogP contribution in [0.2, 0.25) is 5.15 Å². The SMILES string of the molecule is N[C@H](CNCc1cnc(Cl)c(Br)c1)Cc1ccccc1. The Hall–Kier alpha value is -0.940. The number of aromatic nitrogens is 1. The summed E-state index contributed by atoms with van der Waals surface area (Å²) in [5.74, 6) is 0. The van der Waals surface area contributed by atoms with Crippen LogP contribution >= 0.6 is 27.5 Å². The van der Waals surface area contributed by atoms with E-state index in [0.29, 0.717) is 5.15 Å². The molecule has 106 valence electrons. The van der Waals surface area contributed by atoms with E-state index in [9.17, 15) is 0 Å². The topological polar surface area (TPSA) is 50.9 Å². The quantitative estimate of drug-likeness (QED) is 0.784.